The Labute approximate surface area is 205 Å². The van der Waals surface area contributed by atoms with Crippen molar-refractivity contribution in [1.29, 1.82) is 0 Å². The number of sulfonamides is 1. The van der Waals surface area contributed by atoms with Gasteiger partial charge in [0.25, 0.3) is 5.91 Å². The van der Waals surface area contributed by atoms with Crippen molar-refractivity contribution in [2.24, 2.45) is 5.92 Å². The molecular weight excluding hydrogens is 470 g/mol. The molecule has 2 aromatic carbocycles. The molecule has 0 saturated carbocycles. The van der Waals surface area contributed by atoms with E-state index in [9.17, 15) is 18.0 Å². The SMILES string of the molecule is CCCNC(=O)[C@@H](NC(=O)c1ccc2c(c1)OCO2)C1CCN(S(=O)(=O)c2ccc(C)cc2)CC1. The summed E-state index contributed by atoms with van der Waals surface area (Å²) in [6.07, 6.45) is 1.68. The monoisotopic (exact) mass is 501 g/mol. The van der Waals surface area contributed by atoms with Gasteiger partial charge >= 0.3 is 0 Å². The predicted octanol–water partition coefficient (Wildman–Crippen LogP) is 2.45. The van der Waals surface area contributed by atoms with Crippen LogP contribution in [-0.2, 0) is 14.8 Å². The zero-order valence-electron chi connectivity index (χ0n) is 20.0. The summed E-state index contributed by atoms with van der Waals surface area (Å²) in [5.74, 6) is 0.199. The smallest absolute Gasteiger partial charge is 0.252 e. The van der Waals surface area contributed by atoms with Crippen LogP contribution < -0.4 is 20.1 Å². The molecule has 2 heterocycles. The van der Waals surface area contributed by atoms with E-state index in [1.54, 1.807) is 42.5 Å². The summed E-state index contributed by atoms with van der Waals surface area (Å²) in [6.45, 7) is 5.01. The molecule has 2 aliphatic rings. The van der Waals surface area contributed by atoms with Gasteiger partial charge in [0.05, 0.1) is 4.90 Å². The maximum absolute atomic E-state index is 13.1. The number of hydrogen-bond acceptors (Lipinski definition) is 6. The molecule has 0 spiro atoms. The molecule has 0 unspecified atom stereocenters. The lowest BCUT2D eigenvalue weighted by molar-refractivity contribution is -0.124. The Bertz CT molecular complexity index is 1170. The highest BCUT2D eigenvalue weighted by Crippen LogP contribution is 2.33. The quantitative estimate of drug-likeness (QED) is 0.574. The first kappa shape index (κ1) is 25.0. The topological polar surface area (TPSA) is 114 Å². The molecule has 2 N–H and O–H groups in total. The molecule has 9 nitrogen and oxygen atoms in total. The van der Waals surface area contributed by atoms with Crippen LogP contribution in [-0.4, -0.2) is 57.0 Å². The second-order valence-corrected chi connectivity index (χ2v) is 10.8. The molecule has 2 aliphatic heterocycles. The van der Waals surface area contributed by atoms with Crippen LogP contribution in [0.5, 0.6) is 11.5 Å². The largest absolute Gasteiger partial charge is 0.454 e. The number of rotatable bonds is 8. The van der Waals surface area contributed by atoms with Crippen LogP contribution in [0.25, 0.3) is 0 Å². The fourth-order valence-electron chi connectivity index (χ4n) is 4.33. The average molecular weight is 502 g/mol. The summed E-state index contributed by atoms with van der Waals surface area (Å²) in [7, 11) is -3.61. The van der Waals surface area contributed by atoms with Crippen molar-refractivity contribution in [3.63, 3.8) is 0 Å². The minimum atomic E-state index is -3.61. The van der Waals surface area contributed by atoms with E-state index in [-0.39, 0.29) is 36.6 Å². The number of benzene rings is 2. The maximum atomic E-state index is 13.1. The number of fused-ring (bicyclic) bond motifs is 1. The molecule has 0 aliphatic carbocycles. The van der Waals surface area contributed by atoms with Crippen molar-refractivity contribution in [1.82, 2.24) is 14.9 Å². The Hall–Kier alpha value is -3.11. The van der Waals surface area contributed by atoms with Gasteiger partial charge in [-0.05, 0) is 62.4 Å². The Morgan fingerprint density at radius 1 is 1.06 bits per heavy atom. The van der Waals surface area contributed by atoms with E-state index in [1.807, 2.05) is 13.8 Å². The molecule has 1 fully saturated rings. The molecular formula is C25H31N3O6S. The summed E-state index contributed by atoms with van der Waals surface area (Å²) in [5.41, 5.74) is 1.35. The number of aryl methyl sites for hydroxylation is 1. The number of hydrogen-bond donors (Lipinski definition) is 2. The van der Waals surface area contributed by atoms with Gasteiger partial charge < -0.3 is 20.1 Å². The second kappa shape index (κ2) is 10.7. The number of nitrogens with zero attached hydrogens (tertiary/aromatic N) is 1. The first-order valence-corrected chi connectivity index (χ1v) is 13.3. The summed E-state index contributed by atoms with van der Waals surface area (Å²) in [5, 5.41) is 5.75. The Balaban J connectivity index is 1.46. The van der Waals surface area contributed by atoms with Crippen LogP contribution >= 0.6 is 0 Å². The van der Waals surface area contributed by atoms with Crippen molar-refractivity contribution < 1.29 is 27.5 Å². The summed E-state index contributed by atoms with van der Waals surface area (Å²) < 4.78 is 38.2. The number of carbonyl (C=O) groups excluding carboxylic acids is 2. The molecule has 2 aromatic rings. The van der Waals surface area contributed by atoms with E-state index in [2.05, 4.69) is 10.6 Å². The number of nitrogens with one attached hydrogen (secondary N) is 2. The minimum absolute atomic E-state index is 0.104. The van der Waals surface area contributed by atoms with Crippen LogP contribution in [0.3, 0.4) is 0 Å². The van der Waals surface area contributed by atoms with E-state index in [4.69, 9.17) is 9.47 Å². The van der Waals surface area contributed by atoms with Gasteiger partial charge in [-0.1, -0.05) is 24.6 Å². The Kier molecular flexibility index (Phi) is 7.61. The fraction of sp³-hybridized carbons (Fsp3) is 0.440. The van der Waals surface area contributed by atoms with E-state index < -0.39 is 22.0 Å². The lowest BCUT2D eigenvalue weighted by Crippen LogP contribution is -2.53. The number of ether oxygens (including phenoxy) is 2. The van der Waals surface area contributed by atoms with Crippen LogP contribution in [0.4, 0.5) is 0 Å². The number of piperidine rings is 1. The van der Waals surface area contributed by atoms with Crippen LogP contribution in [0.2, 0.25) is 0 Å². The molecule has 1 saturated heterocycles. The molecule has 0 radical (unpaired) electrons. The first-order chi connectivity index (χ1) is 16.8. The highest BCUT2D eigenvalue weighted by atomic mass is 32.2. The maximum Gasteiger partial charge on any atom is 0.252 e. The Morgan fingerprint density at radius 2 is 1.74 bits per heavy atom. The van der Waals surface area contributed by atoms with Crippen molar-refractivity contribution in [2.75, 3.05) is 26.4 Å². The lowest BCUT2D eigenvalue weighted by atomic mass is 9.89. The third-order valence-corrected chi connectivity index (χ3v) is 8.29. The third-order valence-electron chi connectivity index (χ3n) is 6.38. The normalized spacial score (nSPS) is 17.1. The van der Waals surface area contributed by atoms with E-state index in [0.29, 0.717) is 36.4 Å². The standard InChI is InChI=1S/C25H31N3O6S/c1-3-12-26-25(30)23(27-24(29)19-6-9-21-22(15-19)34-16-33-21)18-10-13-28(14-11-18)35(31,32)20-7-4-17(2)5-8-20/h4-9,15,18,23H,3,10-14,16H2,1-2H3,(H,26,30)(H,27,29)/t23-/m0/s1. The highest BCUT2D eigenvalue weighted by molar-refractivity contribution is 7.89. The third kappa shape index (κ3) is 5.59. The van der Waals surface area contributed by atoms with Gasteiger partial charge in [-0.15, -0.1) is 0 Å². The zero-order valence-corrected chi connectivity index (χ0v) is 20.8. The van der Waals surface area contributed by atoms with Crippen molar-refractivity contribution in [3.8, 4) is 11.5 Å². The number of amides is 2. The van der Waals surface area contributed by atoms with E-state index in [1.165, 1.54) is 4.31 Å². The first-order valence-electron chi connectivity index (χ1n) is 11.8. The molecule has 10 heteroatoms. The molecule has 35 heavy (non-hydrogen) atoms. The minimum Gasteiger partial charge on any atom is -0.454 e. The van der Waals surface area contributed by atoms with Gasteiger partial charge in [0.1, 0.15) is 6.04 Å². The fourth-order valence-corrected chi connectivity index (χ4v) is 5.80. The molecule has 188 valence electrons. The van der Waals surface area contributed by atoms with Crippen molar-refractivity contribution >= 4 is 21.8 Å². The summed E-state index contributed by atoms with van der Waals surface area (Å²) in [6, 6.07) is 10.9. The van der Waals surface area contributed by atoms with E-state index >= 15 is 0 Å². The zero-order chi connectivity index (χ0) is 25.0. The molecule has 1 atom stereocenters. The van der Waals surface area contributed by atoms with Crippen molar-refractivity contribution in [3.05, 3.63) is 53.6 Å². The molecule has 4 rings (SSSR count). The van der Waals surface area contributed by atoms with Gasteiger partial charge in [0.15, 0.2) is 11.5 Å². The Morgan fingerprint density at radius 3 is 2.43 bits per heavy atom. The van der Waals surface area contributed by atoms with Crippen LogP contribution in [0, 0.1) is 12.8 Å². The van der Waals surface area contributed by atoms with Crippen LogP contribution in [0.15, 0.2) is 47.4 Å². The summed E-state index contributed by atoms with van der Waals surface area (Å²) in [4.78, 5) is 26.3. The molecule has 2 amide bonds. The lowest BCUT2D eigenvalue weighted by Gasteiger charge is -2.35. The summed E-state index contributed by atoms with van der Waals surface area (Å²) >= 11 is 0. The second-order valence-electron chi connectivity index (χ2n) is 8.86. The van der Waals surface area contributed by atoms with Crippen LogP contribution in [0.1, 0.15) is 42.1 Å². The van der Waals surface area contributed by atoms with Gasteiger partial charge in [-0.3, -0.25) is 9.59 Å². The predicted molar refractivity (Wildman–Crippen MR) is 130 cm³/mol. The molecule has 0 bridgehead atoms. The van der Waals surface area contributed by atoms with Gasteiger partial charge in [0, 0.05) is 25.2 Å². The van der Waals surface area contributed by atoms with E-state index in [0.717, 1.165) is 12.0 Å². The highest BCUT2D eigenvalue weighted by Gasteiger charge is 2.36. The number of carbonyl (C=O) groups is 2. The molecule has 0 aromatic heterocycles. The average Bonchev–Trinajstić information content (AvgIpc) is 3.34. The van der Waals surface area contributed by atoms with Gasteiger partial charge in [-0.2, -0.15) is 4.31 Å². The van der Waals surface area contributed by atoms with Crippen molar-refractivity contribution in [2.45, 2.75) is 44.0 Å². The van der Waals surface area contributed by atoms with Gasteiger partial charge in [-0.25, -0.2) is 8.42 Å². The van der Waals surface area contributed by atoms with Gasteiger partial charge in [0.2, 0.25) is 22.7 Å².